The molecule has 0 bridgehead atoms. The number of ether oxygens (including phenoxy) is 3. The average molecular weight is 680 g/mol. The highest BCUT2D eigenvalue weighted by Crippen LogP contribution is 2.17. The predicted octanol–water partition coefficient (Wildman–Crippen LogP) is 10.7. The summed E-state index contributed by atoms with van der Waals surface area (Å²) in [6.45, 7) is 3.35. The van der Waals surface area contributed by atoms with Crippen LogP contribution < -0.4 is 0 Å². The molecule has 0 saturated carbocycles. The first-order valence-electron chi connectivity index (χ1n) is 19.5. The minimum Gasteiger partial charge on any atom is -0.469 e. The molecule has 0 aromatic carbocycles. The lowest BCUT2D eigenvalue weighted by Crippen LogP contribution is -2.12. The van der Waals surface area contributed by atoms with E-state index in [1.165, 1.54) is 110 Å². The van der Waals surface area contributed by atoms with Gasteiger partial charge in [0.1, 0.15) is 6.29 Å². The minimum atomic E-state index is -0.0995. The predicted molar refractivity (Wildman–Crippen MR) is 202 cm³/mol. The number of hydrogen-bond acceptors (Lipinski definition) is 7. The maximum atomic E-state index is 11.3. The van der Waals surface area contributed by atoms with E-state index in [1.54, 1.807) is 0 Å². The molecule has 0 aliphatic carbocycles. The Bertz CT molecular complexity index is 751. The first-order chi connectivity index (χ1) is 23.4. The zero-order valence-corrected chi connectivity index (χ0v) is 32.2. The standard InChI is InChI=1S/C35H64O5.C6H13NO/c1-4-40-35(37)32-28-24-20-16-12-8-6-10-14-18-22-26-30-33(38-2)29-25-21-17-13-9-5-7-11-15-19-23-27-31-34(36)39-3;1-7(2)5-3-4-6-8/h11-12,15-16,33H,4-10,13-14,17-32H2,1-3H3;6H,3-5H2,1-2H3/b15-11-,16-12-;. The first-order valence-corrected chi connectivity index (χ1v) is 19.5. The number of carbonyl (C=O) groups excluding carboxylic acids is 3. The summed E-state index contributed by atoms with van der Waals surface area (Å²) in [6, 6.07) is 0. The van der Waals surface area contributed by atoms with Gasteiger partial charge in [-0.25, -0.2) is 0 Å². The summed E-state index contributed by atoms with van der Waals surface area (Å²) in [5, 5.41) is 0. The van der Waals surface area contributed by atoms with E-state index >= 15 is 0 Å². The van der Waals surface area contributed by atoms with Crippen LogP contribution in [-0.2, 0) is 28.6 Å². The van der Waals surface area contributed by atoms with Crippen molar-refractivity contribution in [3.05, 3.63) is 24.3 Å². The molecule has 7 nitrogen and oxygen atoms in total. The van der Waals surface area contributed by atoms with Gasteiger partial charge in [-0.15, -0.1) is 0 Å². The van der Waals surface area contributed by atoms with Crippen molar-refractivity contribution in [2.45, 2.75) is 180 Å². The Kier molecular flexibility index (Phi) is 41.3. The third-order valence-corrected chi connectivity index (χ3v) is 8.42. The van der Waals surface area contributed by atoms with Gasteiger partial charge in [-0.05, 0) is 111 Å². The number of unbranched alkanes of at least 4 members (excludes halogenated alkanes) is 17. The lowest BCUT2D eigenvalue weighted by molar-refractivity contribution is -0.143. The van der Waals surface area contributed by atoms with Gasteiger partial charge in [0.2, 0.25) is 0 Å². The van der Waals surface area contributed by atoms with Crippen LogP contribution in [0.1, 0.15) is 174 Å². The van der Waals surface area contributed by atoms with Crippen molar-refractivity contribution < 1.29 is 28.6 Å². The van der Waals surface area contributed by atoms with Crippen LogP contribution in [0.25, 0.3) is 0 Å². The molecule has 1 atom stereocenters. The van der Waals surface area contributed by atoms with Gasteiger partial charge < -0.3 is 23.9 Å². The summed E-state index contributed by atoms with van der Waals surface area (Å²) in [5.74, 6) is -0.164. The maximum Gasteiger partial charge on any atom is 0.305 e. The summed E-state index contributed by atoms with van der Waals surface area (Å²) >= 11 is 0. The van der Waals surface area contributed by atoms with E-state index in [9.17, 15) is 14.4 Å². The van der Waals surface area contributed by atoms with Crippen LogP contribution in [0.4, 0.5) is 0 Å². The zero-order chi connectivity index (χ0) is 35.8. The summed E-state index contributed by atoms with van der Waals surface area (Å²) in [7, 11) is 7.34. The number of hydrogen-bond donors (Lipinski definition) is 0. The van der Waals surface area contributed by atoms with Gasteiger partial charge in [0.05, 0.1) is 19.8 Å². The van der Waals surface area contributed by atoms with Gasteiger partial charge in [0.25, 0.3) is 0 Å². The summed E-state index contributed by atoms with van der Waals surface area (Å²) < 4.78 is 15.3. The van der Waals surface area contributed by atoms with E-state index < -0.39 is 0 Å². The van der Waals surface area contributed by atoms with E-state index in [0.29, 0.717) is 32.0 Å². The number of nitrogens with zero attached hydrogens (tertiary/aromatic N) is 1. The molecule has 0 heterocycles. The summed E-state index contributed by atoms with van der Waals surface area (Å²) in [5.41, 5.74) is 0. The number of aldehydes is 1. The van der Waals surface area contributed by atoms with Crippen molar-refractivity contribution in [2.24, 2.45) is 0 Å². The van der Waals surface area contributed by atoms with Crippen LogP contribution in [0.3, 0.4) is 0 Å². The third-order valence-electron chi connectivity index (χ3n) is 8.42. The topological polar surface area (TPSA) is 82.1 Å². The fraction of sp³-hybridized carbons (Fsp3) is 0.829. The molecule has 0 spiro atoms. The largest absolute Gasteiger partial charge is 0.469 e. The van der Waals surface area contributed by atoms with E-state index in [1.807, 2.05) is 28.1 Å². The molecule has 48 heavy (non-hydrogen) atoms. The highest BCUT2D eigenvalue weighted by molar-refractivity contribution is 5.69. The quantitative estimate of drug-likeness (QED) is 0.0290. The fourth-order valence-corrected chi connectivity index (χ4v) is 5.42. The van der Waals surface area contributed by atoms with Gasteiger partial charge in [0.15, 0.2) is 0 Å². The maximum absolute atomic E-state index is 11.3. The molecule has 0 amide bonds. The monoisotopic (exact) mass is 680 g/mol. The zero-order valence-electron chi connectivity index (χ0n) is 32.2. The summed E-state index contributed by atoms with van der Waals surface area (Å²) in [6.07, 6.45) is 40.1. The van der Waals surface area contributed by atoms with Gasteiger partial charge in [-0.1, -0.05) is 88.5 Å². The van der Waals surface area contributed by atoms with Gasteiger partial charge >= 0.3 is 11.9 Å². The van der Waals surface area contributed by atoms with Crippen LogP contribution in [-0.4, -0.2) is 70.7 Å². The van der Waals surface area contributed by atoms with Crippen LogP contribution in [0, 0.1) is 0 Å². The first kappa shape index (κ1) is 48.1. The van der Waals surface area contributed by atoms with Gasteiger partial charge in [0, 0.05) is 26.4 Å². The third kappa shape index (κ3) is 42.0. The molecule has 1 unspecified atom stereocenters. The molecule has 0 rings (SSSR count). The molecule has 0 aromatic heterocycles. The number of rotatable bonds is 34. The van der Waals surface area contributed by atoms with Crippen molar-refractivity contribution in [3.63, 3.8) is 0 Å². The second-order valence-electron chi connectivity index (χ2n) is 13.2. The van der Waals surface area contributed by atoms with Crippen molar-refractivity contribution in [1.29, 1.82) is 0 Å². The molecule has 0 saturated heterocycles. The lowest BCUT2D eigenvalue weighted by Gasteiger charge is -2.15. The van der Waals surface area contributed by atoms with Crippen molar-refractivity contribution >= 4 is 18.2 Å². The van der Waals surface area contributed by atoms with Crippen molar-refractivity contribution in [3.8, 4) is 0 Å². The smallest absolute Gasteiger partial charge is 0.305 e. The molecular formula is C41H77NO6. The van der Waals surface area contributed by atoms with Crippen molar-refractivity contribution in [1.82, 2.24) is 4.90 Å². The Morgan fingerprint density at radius 1 is 0.562 bits per heavy atom. The number of esters is 2. The number of allylic oxidation sites excluding steroid dienone is 4. The molecule has 0 aromatic rings. The Balaban J connectivity index is 0. The molecule has 0 fully saturated rings. The minimum absolute atomic E-state index is 0.0649. The molecular weight excluding hydrogens is 602 g/mol. The second-order valence-corrected chi connectivity index (χ2v) is 13.2. The van der Waals surface area contributed by atoms with E-state index in [4.69, 9.17) is 9.47 Å². The molecule has 0 aliphatic rings. The van der Waals surface area contributed by atoms with Crippen LogP contribution >= 0.6 is 0 Å². The molecule has 0 radical (unpaired) electrons. The van der Waals surface area contributed by atoms with Crippen LogP contribution in [0.15, 0.2) is 24.3 Å². The normalized spacial score (nSPS) is 12.0. The fourth-order valence-electron chi connectivity index (χ4n) is 5.42. The lowest BCUT2D eigenvalue weighted by atomic mass is 10.0. The average Bonchev–Trinajstić information content (AvgIpc) is 3.07. The van der Waals surface area contributed by atoms with Crippen LogP contribution in [0.2, 0.25) is 0 Å². The van der Waals surface area contributed by atoms with E-state index in [0.717, 1.165) is 57.8 Å². The SMILES string of the molecule is CCOC(=O)CCCC/C=C\CCCCCCCCC(CCCCCCCC/C=C\CCCCC(=O)OC)OC.CN(C)CCCC=O. The van der Waals surface area contributed by atoms with E-state index in [2.05, 4.69) is 33.9 Å². The molecule has 282 valence electrons. The molecule has 0 N–H and O–H groups in total. The van der Waals surface area contributed by atoms with Gasteiger partial charge in [-0.3, -0.25) is 9.59 Å². The number of carbonyl (C=O) groups is 3. The Labute approximate surface area is 297 Å². The van der Waals surface area contributed by atoms with Crippen molar-refractivity contribution in [2.75, 3.05) is 41.5 Å². The second kappa shape index (κ2) is 41.2. The van der Waals surface area contributed by atoms with E-state index in [-0.39, 0.29) is 11.9 Å². The Hall–Kier alpha value is -1.99. The molecule has 7 heteroatoms. The van der Waals surface area contributed by atoms with Crippen LogP contribution in [0.5, 0.6) is 0 Å². The Morgan fingerprint density at radius 2 is 0.979 bits per heavy atom. The Morgan fingerprint density at radius 3 is 1.38 bits per heavy atom. The highest BCUT2D eigenvalue weighted by Gasteiger charge is 2.07. The van der Waals surface area contributed by atoms with Gasteiger partial charge in [-0.2, -0.15) is 0 Å². The molecule has 0 aliphatic heterocycles. The summed E-state index contributed by atoms with van der Waals surface area (Å²) in [4.78, 5) is 34.2. The highest BCUT2D eigenvalue weighted by atomic mass is 16.5. The number of methoxy groups -OCH3 is 2.